The van der Waals surface area contributed by atoms with Gasteiger partial charge in [0.1, 0.15) is 6.29 Å². The maximum atomic E-state index is 10.7. The van der Waals surface area contributed by atoms with Gasteiger partial charge in [0.15, 0.2) is 0 Å². The summed E-state index contributed by atoms with van der Waals surface area (Å²) in [4.78, 5) is 10.7. The van der Waals surface area contributed by atoms with Crippen molar-refractivity contribution >= 4 is 17.9 Å². The molecule has 1 heterocycles. The normalized spacial score (nSPS) is 26.5. The maximum Gasteiger partial charge on any atom is 0.141 e. The molecule has 2 unspecified atom stereocenters. The van der Waals surface area contributed by atoms with E-state index in [9.17, 15) is 4.79 Å². The first-order chi connectivity index (χ1) is 6.33. The van der Waals surface area contributed by atoms with Crippen LogP contribution in [0.1, 0.15) is 22.5 Å². The largest absolute Gasteiger partial charge is 0.302 e. The molecule has 3 heteroatoms. The monoisotopic (exact) mass is 195 g/mol. The number of rotatable bonds is 1. The molecule has 2 nitrogen and oxygen atoms in total. The number of halogens is 1. The Labute approximate surface area is 81.9 Å². The van der Waals surface area contributed by atoms with Crippen LogP contribution < -0.4 is 5.32 Å². The zero-order valence-electron chi connectivity index (χ0n) is 7.03. The van der Waals surface area contributed by atoms with Gasteiger partial charge in [-0.15, -0.1) is 11.6 Å². The Kier molecular flexibility index (Phi) is 2.34. The lowest BCUT2D eigenvalue weighted by molar-refractivity contribution is -0.109. The highest BCUT2D eigenvalue weighted by Gasteiger charge is 2.23. The first-order valence-corrected chi connectivity index (χ1v) is 4.68. The maximum absolute atomic E-state index is 10.7. The summed E-state index contributed by atoms with van der Waals surface area (Å²) in [6.45, 7) is 0.655. The standard InChI is InChI=1S/C10H10ClNO/c11-9-5-12-10(6-13)8-4-2-1-3-7(8)9/h1-4,6,9-10,12H,5H2. The van der Waals surface area contributed by atoms with Crippen molar-refractivity contribution in [1.82, 2.24) is 5.32 Å². The van der Waals surface area contributed by atoms with E-state index >= 15 is 0 Å². The molecular weight excluding hydrogens is 186 g/mol. The summed E-state index contributed by atoms with van der Waals surface area (Å²) < 4.78 is 0. The summed E-state index contributed by atoms with van der Waals surface area (Å²) >= 11 is 6.09. The van der Waals surface area contributed by atoms with E-state index in [0.29, 0.717) is 6.54 Å². The van der Waals surface area contributed by atoms with Crippen molar-refractivity contribution in [3.05, 3.63) is 35.4 Å². The molecule has 1 aliphatic heterocycles. The van der Waals surface area contributed by atoms with Crippen molar-refractivity contribution in [2.75, 3.05) is 6.54 Å². The summed E-state index contributed by atoms with van der Waals surface area (Å²) in [6.07, 6.45) is 0.918. The minimum atomic E-state index is -0.189. The minimum absolute atomic E-state index is 0.0209. The van der Waals surface area contributed by atoms with E-state index in [2.05, 4.69) is 5.32 Å². The molecule has 0 saturated heterocycles. The predicted octanol–water partition coefficient (Wildman–Crippen LogP) is 1.81. The molecule has 0 bridgehead atoms. The number of hydrogen-bond donors (Lipinski definition) is 1. The fourth-order valence-corrected chi connectivity index (χ4v) is 1.94. The molecule has 1 aromatic rings. The van der Waals surface area contributed by atoms with Gasteiger partial charge in [0.25, 0.3) is 0 Å². The van der Waals surface area contributed by atoms with Crippen LogP contribution in [0.5, 0.6) is 0 Å². The van der Waals surface area contributed by atoms with Crippen LogP contribution in [0.3, 0.4) is 0 Å². The highest BCUT2D eigenvalue weighted by molar-refractivity contribution is 6.21. The van der Waals surface area contributed by atoms with Crippen molar-refractivity contribution in [3.63, 3.8) is 0 Å². The Hall–Kier alpha value is -0.860. The van der Waals surface area contributed by atoms with Crippen molar-refractivity contribution in [2.45, 2.75) is 11.4 Å². The lowest BCUT2D eigenvalue weighted by Crippen LogP contribution is -2.31. The van der Waals surface area contributed by atoms with Gasteiger partial charge >= 0.3 is 0 Å². The molecule has 0 spiro atoms. The van der Waals surface area contributed by atoms with E-state index in [1.165, 1.54) is 0 Å². The Morgan fingerprint density at radius 3 is 2.77 bits per heavy atom. The molecule has 1 N–H and O–H groups in total. The molecule has 0 radical (unpaired) electrons. The molecule has 1 aromatic carbocycles. The highest BCUT2D eigenvalue weighted by atomic mass is 35.5. The third kappa shape index (κ3) is 1.47. The molecular formula is C10H10ClNO. The lowest BCUT2D eigenvalue weighted by atomic mass is 9.95. The molecule has 2 atom stereocenters. The van der Waals surface area contributed by atoms with Gasteiger partial charge in [-0.2, -0.15) is 0 Å². The number of benzene rings is 1. The fraction of sp³-hybridized carbons (Fsp3) is 0.300. The molecule has 0 aromatic heterocycles. The third-order valence-electron chi connectivity index (χ3n) is 2.32. The van der Waals surface area contributed by atoms with Crippen molar-refractivity contribution in [3.8, 4) is 0 Å². The topological polar surface area (TPSA) is 29.1 Å². The molecule has 1 aliphatic rings. The van der Waals surface area contributed by atoms with Crippen LogP contribution in [0.2, 0.25) is 0 Å². The molecule has 0 saturated carbocycles. The van der Waals surface area contributed by atoms with Crippen LogP contribution in [-0.4, -0.2) is 12.8 Å². The van der Waals surface area contributed by atoms with E-state index in [4.69, 9.17) is 11.6 Å². The summed E-state index contributed by atoms with van der Waals surface area (Å²) in [5.74, 6) is 0. The Bertz CT molecular complexity index is 326. The van der Waals surface area contributed by atoms with E-state index < -0.39 is 0 Å². The van der Waals surface area contributed by atoms with Gasteiger partial charge in [0.05, 0.1) is 11.4 Å². The summed E-state index contributed by atoms with van der Waals surface area (Å²) in [5.41, 5.74) is 2.07. The van der Waals surface area contributed by atoms with Crippen molar-refractivity contribution < 1.29 is 4.79 Å². The summed E-state index contributed by atoms with van der Waals surface area (Å²) in [6, 6.07) is 7.60. The second kappa shape index (κ2) is 3.48. The summed E-state index contributed by atoms with van der Waals surface area (Å²) in [7, 11) is 0. The number of carbonyl (C=O) groups excluding carboxylic acids is 1. The van der Waals surface area contributed by atoms with Gasteiger partial charge in [-0.05, 0) is 11.1 Å². The van der Waals surface area contributed by atoms with Crippen LogP contribution in [0.15, 0.2) is 24.3 Å². The first-order valence-electron chi connectivity index (χ1n) is 4.24. The lowest BCUT2D eigenvalue weighted by Gasteiger charge is -2.26. The number of nitrogens with one attached hydrogen (secondary N) is 1. The molecule has 13 heavy (non-hydrogen) atoms. The summed E-state index contributed by atoms with van der Waals surface area (Å²) in [5, 5.41) is 3.05. The molecule has 0 aliphatic carbocycles. The van der Waals surface area contributed by atoms with Gasteiger partial charge in [-0.1, -0.05) is 24.3 Å². The SMILES string of the molecule is O=CC1NCC(Cl)c2ccccc21. The van der Waals surface area contributed by atoms with Crippen molar-refractivity contribution in [2.24, 2.45) is 0 Å². The van der Waals surface area contributed by atoms with Gasteiger partial charge in [-0.25, -0.2) is 0 Å². The Balaban J connectivity index is 2.47. The molecule has 2 rings (SSSR count). The molecule has 0 fully saturated rings. The quantitative estimate of drug-likeness (QED) is 0.547. The van der Waals surface area contributed by atoms with E-state index in [0.717, 1.165) is 17.4 Å². The third-order valence-corrected chi connectivity index (χ3v) is 2.71. The van der Waals surface area contributed by atoms with Gasteiger partial charge in [0.2, 0.25) is 0 Å². The van der Waals surface area contributed by atoms with Gasteiger partial charge in [0, 0.05) is 6.54 Å². The van der Waals surface area contributed by atoms with E-state index in [1.807, 2.05) is 24.3 Å². The van der Waals surface area contributed by atoms with Gasteiger partial charge in [-0.3, -0.25) is 0 Å². The number of fused-ring (bicyclic) bond motifs is 1. The average molecular weight is 196 g/mol. The second-order valence-electron chi connectivity index (χ2n) is 3.12. The molecule has 68 valence electrons. The number of carbonyl (C=O) groups is 1. The van der Waals surface area contributed by atoms with E-state index in [-0.39, 0.29) is 11.4 Å². The fourth-order valence-electron chi connectivity index (χ4n) is 1.65. The minimum Gasteiger partial charge on any atom is -0.302 e. The van der Waals surface area contributed by atoms with Crippen LogP contribution in [0, 0.1) is 0 Å². The molecule has 0 amide bonds. The van der Waals surface area contributed by atoms with Gasteiger partial charge < -0.3 is 10.1 Å². The number of hydrogen-bond acceptors (Lipinski definition) is 2. The van der Waals surface area contributed by atoms with Crippen molar-refractivity contribution in [1.29, 1.82) is 0 Å². The van der Waals surface area contributed by atoms with Crippen LogP contribution >= 0.6 is 11.6 Å². The Morgan fingerprint density at radius 2 is 2.08 bits per heavy atom. The second-order valence-corrected chi connectivity index (χ2v) is 3.65. The smallest absolute Gasteiger partial charge is 0.141 e. The average Bonchev–Trinajstić information content (AvgIpc) is 2.19. The van der Waals surface area contributed by atoms with Crippen LogP contribution in [-0.2, 0) is 4.79 Å². The van der Waals surface area contributed by atoms with E-state index in [1.54, 1.807) is 0 Å². The number of aldehydes is 1. The zero-order chi connectivity index (χ0) is 9.26. The highest BCUT2D eigenvalue weighted by Crippen LogP contribution is 2.31. The number of alkyl halides is 1. The van der Waals surface area contributed by atoms with Crippen LogP contribution in [0.25, 0.3) is 0 Å². The first kappa shape index (κ1) is 8.73. The Morgan fingerprint density at radius 1 is 1.38 bits per heavy atom. The zero-order valence-corrected chi connectivity index (χ0v) is 7.79. The van der Waals surface area contributed by atoms with Crippen LogP contribution in [0.4, 0.5) is 0 Å². The predicted molar refractivity (Wildman–Crippen MR) is 51.8 cm³/mol.